The number of hydrogen-bond donors (Lipinski definition) is 3. The van der Waals surface area contributed by atoms with Crippen LogP contribution in [0.3, 0.4) is 0 Å². The molecule has 182 valence electrons. The molecule has 2 amide bonds. The van der Waals surface area contributed by atoms with E-state index in [0.717, 1.165) is 53.1 Å². The summed E-state index contributed by atoms with van der Waals surface area (Å²) in [6, 6.07) is 18.6. The van der Waals surface area contributed by atoms with Crippen molar-refractivity contribution in [2.75, 3.05) is 5.32 Å². The van der Waals surface area contributed by atoms with Crippen molar-refractivity contribution in [1.82, 2.24) is 30.4 Å². The van der Waals surface area contributed by atoms with Crippen LogP contribution in [0.4, 0.5) is 16.4 Å². The van der Waals surface area contributed by atoms with E-state index < -0.39 is 5.54 Å². The zero-order chi connectivity index (χ0) is 24.4. The van der Waals surface area contributed by atoms with Crippen molar-refractivity contribution in [3.05, 3.63) is 77.2 Å². The van der Waals surface area contributed by atoms with Gasteiger partial charge in [-0.1, -0.05) is 42.5 Å². The minimum atomic E-state index is -0.504. The fraction of sp³-hybridized carbons (Fsp3) is 0.357. The van der Waals surface area contributed by atoms with Crippen LogP contribution in [0.1, 0.15) is 67.6 Å². The maximum atomic E-state index is 13.4. The average Bonchev–Trinajstić information content (AvgIpc) is 3.80. The van der Waals surface area contributed by atoms with Crippen molar-refractivity contribution in [3.63, 3.8) is 0 Å². The summed E-state index contributed by atoms with van der Waals surface area (Å²) >= 11 is 0. The van der Waals surface area contributed by atoms with E-state index in [2.05, 4.69) is 58.9 Å². The SMILES string of the molecule is CC1(C)c2[nH]nc(Nc3nc(C4CC4)nc4ccccc34)c2CN1C(=O)NC1CC1c1ccccc1. The van der Waals surface area contributed by atoms with E-state index in [1.807, 2.05) is 35.2 Å². The number of rotatable bonds is 5. The summed E-state index contributed by atoms with van der Waals surface area (Å²) in [6.07, 6.45) is 3.26. The molecule has 2 saturated carbocycles. The van der Waals surface area contributed by atoms with Gasteiger partial charge >= 0.3 is 6.03 Å². The van der Waals surface area contributed by atoms with Gasteiger partial charge in [0.25, 0.3) is 0 Å². The Kier molecular flexibility index (Phi) is 4.61. The number of carbonyl (C=O) groups is 1. The van der Waals surface area contributed by atoms with Gasteiger partial charge in [-0.05, 0) is 50.8 Å². The first-order chi connectivity index (χ1) is 17.5. The molecule has 0 spiro atoms. The van der Waals surface area contributed by atoms with E-state index in [9.17, 15) is 4.79 Å². The number of H-pyrrole nitrogens is 1. The highest BCUT2D eigenvalue weighted by Gasteiger charge is 2.46. The number of amides is 2. The second-order valence-corrected chi connectivity index (χ2v) is 10.7. The van der Waals surface area contributed by atoms with E-state index in [-0.39, 0.29) is 12.1 Å². The van der Waals surface area contributed by atoms with Crippen LogP contribution in [0.2, 0.25) is 0 Å². The van der Waals surface area contributed by atoms with Gasteiger partial charge in [0.2, 0.25) is 0 Å². The Labute approximate surface area is 209 Å². The zero-order valence-corrected chi connectivity index (χ0v) is 20.5. The van der Waals surface area contributed by atoms with E-state index >= 15 is 0 Å². The lowest BCUT2D eigenvalue weighted by atomic mass is 10.0. The molecular formula is C28H29N7O. The van der Waals surface area contributed by atoms with Gasteiger partial charge in [-0.2, -0.15) is 5.10 Å². The highest BCUT2D eigenvalue weighted by atomic mass is 16.2. The maximum absolute atomic E-state index is 13.4. The van der Waals surface area contributed by atoms with Crippen LogP contribution < -0.4 is 10.6 Å². The second kappa shape index (κ2) is 7.78. The van der Waals surface area contributed by atoms with E-state index in [1.165, 1.54) is 5.56 Å². The van der Waals surface area contributed by atoms with Crippen LogP contribution in [-0.2, 0) is 12.1 Å². The number of carbonyl (C=O) groups excluding carboxylic acids is 1. The van der Waals surface area contributed by atoms with Gasteiger partial charge in [-0.25, -0.2) is 14.8 Å². The summed E-state index contributed by atoms with van der Waals surface area (Å²) in [6.45, 7) is 4.61. The van der Waals surface area contributed by atoms with E-state index in [1.54, 1.807) is 0 Å². The third-order valence-electron chi connectivity index (χ3n) is 7.84. The number of fused-ring (bicyclic) bond motifs is 2. The molecule has 2 aromatic carbocycles. The van der Waals surface area contributed by atoms with Crippen LogP contribution in [0.15, 0.2) is 54.6 Å². The lowest BCUT2D eigenvalue weighted by molar-refractivity contribution is 0.142. The molecule has 1 aliphatic heterocycles. The van der Waals surface area contributed by atoms with Crippen LogP contribution in [0.25, 0.3) is 10.9 Å². The van der Waals surface area contributed by atoms with Gasteiger partial charge < -0.3 is 15.5 Å². The lowest BCUT2D eigenvalue weighted by Gasteiger charge is -2.32. The average molecular weight is 480 g/mol. The fourth-order valence-electron chi connectivity index (χ4n) is 5.43. The largest absolute Gasteiger partial charge is 0.335 e. The van der Waals surface area contributed by atoms with Gasteiger partial charge in [0, 0.05) is 28.8 Å². The monoisotopic (exact) mass is 479 g/mol. The number of benzene rings is 2. The van der Waals surface area contributed by atoms with E-state index in [0.29, 0.717) is 24.2 Å². The van der Waals surface area contributed by atoms with Crippen molar-refractivity contribution < 1.29 is 4.79 Å². The normalized spacial score (nSPS) is 21.9. The molecule has 2 aliphatic carbocycles. The number of nitrogens with zero attached hydrogens (tertiary/aromatic N) is 4. The Balaban J connectivity index is 1.13. The number of para-hydroxylation sites is 1. The molecule has 2 aromatic heterocycles. The quantitative estimate of drug-likeness (QED) is 0.361. The van der Waals surface area contributed by atoms with Gasteiger partial charge in [-0.15, -0.1) is 0 Å². The van der Waals surface area contributed by atoms with E-state index in [4.69, 9.17) is 9.97 Å². The first-order valence-corrected chi connectivity index (χ1v) is 12.7. The first-order valence-electron chi connectivity index (χ1n) is 12.7. The predicted octanol–water partition coefficient (Wildman–Crippen LogP) is 5.29. The summed E-state index contributed by atoms with van der Waals surface area (Å²) in [4.78, 5) is 24.9. The smallest absolute Gasteiger partial charge is 0.318 e. The molecule has 8 heteroatoms. The summed E-state index contributed by atoms with van der Waals surface area (Å²) < 4.78 is 0. The first kappa shape index (κ1) is 21.4. The Bertz CT molecular complexity index is 1470. The van der Waals surface area contributed by atoms with Crippen molar-refractivity contribution >= 4 is 28.6 Å². The molecular weight excluding hydrogens is 450 g/mol. The topological polar surface area (TPSA) is 98.8 Å². The molecule has 8 nitrogen and oxygen atoms in total. The number of hydrogen-bond acceptors (Lipinski definition) is 5. The molecule has 36 heavy (non-hydrogen) atoms. The third-order valence-corrected chi connectivity index (χ3v) is 7.84. The number of anilines is 2. The number of aromatic amines is 1. The molecule has 2 unspecified atom stereocenters. The molecule has 3 N–H and O–H groups in total. The fourth-order valence-corrected chi connectivity index (χ4v) is 5.43. The number of nitrogens with one attached hydrogen (secondary N) is 3. The molecule has 2 atom stereocenters. The highest BCUT2D eigenvalue weighted by molar-refractivity contribution is 5.91. The van der Waals surface area contributed by atoms with Crippen LogP contribution in [0, 0.1) is 0 Å². The minimum absolute atomic E-state index is 0.0394. The van der Waals surface area contributed by atoms with Crippen molar-refractivity contribution in [1.29, 1.82) is 0 Å². The molecule has 3 aliphatic rings. The molecule has 0 bridgehead atoms. The molecule has 2 fully saturated rings. The van der Waals surface area contributed by atoms with Crippen molar-refractivity contribution in [2.24, 2.45) is 0 Å². The molecule has 0 saturated heterocycles. The standard InChI is InChI=1S/C28H29N7O/c1-28(2)23-20(15-35(28)27(36)30-22-14-19(22)16-8-4-3-5-9-16)26(34-33-23)32-25-18-10-6-7-11-21(18)29-24(31-25)17-12-13-17/h3-11,17,19,22H,12-15H2,1-2H3,(H,30,36)(H2,29,31,32,33,34). The molecule has 4 aromatic rings. The summed E-state index contributed by atoms with van der Waals surface area (Å²) in [7, 11) is 0. The zero-order valence-electron chi connectivity index (χ0n) is 20.5. The Hall–Kier alpha value is -3.94. The summed E-state index contributed by atoms with van der Waals surface area (Å²) in [5, 5.41) is 15.5. The van der Waals surface area contributed by atoms with Gasteiger partial charge in [-0.3, -0.25) is 5.10 Å². The van der Waals surface area contributed by atoms with Crippen molar-refractivity contribution in [3.8, 4) is 0 Å². The molecule has 0 radical (unpaired) electrons. The Morgan fingerprint density at radius 3 is 2.61 bits per heavy atom. The van der Waals surface area contributed by atoms with Crippen LogP contribution in [-0.4, -0.2) is 37.1 Å². The summed E-state index contributed by atoms with van der Waals surface area (Å²) in [5.74, 6) is 3.21. The minimum Gasteiger partial charge on any atom is -0.335 e. The lowest BCUT2D eigenvalue weighted by Crippen LogP contribution is -2.47. The van der Waals surface area contributed by atoms with Gasteiger partial charge in [0.1, 0.15) is 11.6 Å². The predicted molar refractivity (Wildman–Crippen MR) is 138 cm³/mol. The third kappa shape index (κ3) is 3.51. The highest BCUT2D eigenvalue weighted by Crippen LogP contribution is 2.44. The van der Waals surface area contributed by atoms with Crippen molar-refractivity contribution in [2.45, 2.75) is 63.1 Å². The second-order valence-electron chi connectivity index (χ2n) is 10.7. The Morgan fingerprint density at radius 2 is 1.81 bits per heavy atom. The Morgan fingerprint density at radius 1 is 1.03 bits per heavy atom. The van der Waals surface area contributed by atoms with Gasteiger partial charge in [0.05, 0.1) is 23.3 Å². The maximum Gasteiger partial charge on any atom is 0.318 e. The number of urea groups is 1. The van der Waals surface area contributed by atoms with Gasteiger partial charge in [0.15, 0.2) is 5.82 Å². The van der Waals surface area contributed by atoms with Crippen LogP contribution in [0.5, 0.6) is 0 Å². The molecule has 7 rings (SSSR count). The molecule has 3 heterocycles. The van der Waals surface area contributed by atoms with Crippen LogP contribution >= 0.6 is 0 Å². The number of aromatic nitrogens is 4. The summed E-state index contributed by atoms with van der Waals surface area (Å²) in [5.41, 5.74) is 3.67.